The van der Waals surface area contributed by atoms with Crippen LogP contribution in [0.25, 0.3) is 11.1 Å². The molecule has 0 spiro atoms. The zero-order valence-corrected chi connectivity index (χ0v) is 11.3. The van der Waals surface area contributed by atoms with E-state index in [0.29, 0.717) is 6.42 Å². The molecule has 1 aliphatic rings. The highest BCUT2D eigenvalue weighted by Crippen LogP contribution is 2.33. The van der Waals surface area contributed by atoms with E-state index in [0.717, 1.165) is 34.4 Å². The Bertz CT molecular complexity index is 704. The Hall–Kier alpha value is -2.42. The summed E-state index contributed by atoms with van der Waals surface area (Å²) in [6, 6.07) is 13.6. The summed E-state index contributed by atoms with van der Waals surface area (Å²) in [4.78, 5) is 23.2. The van der Waals surface area contributed by atoms with Gasteiger partial charge < -0.3 is 5.32 Å². The molecule has 1 amide bonds. The van der Waals surface area contributed by atoms with E-state index >= 15 is 0 Å². The third-order valence-electron chi connectivity index (χ3n) is 3.54. The number of hydrogen-bond acceptors (Lipinski definition) is 2. The highest BCUT2D eigenvalue weighted by Gasteiger charge is 2.23. The molecular formula is C17H15NO2. The molecule has 20 heavy (non-hydrogen) atoms. The maximum atomic E-state index is 12.1. The number of nitrogens with one attached hydrogen (secondary N) is 1. The Balaban J connectivity index is 2.08. The number of Topliss-reactive ketones (excluding diaryl/α,β-unsaturated/α-hetero) is 1. The fraction of sp³-hybridized carbons (Fsp3) is 0.176. The number of rotatable bonds is 2. The lowest BCUT2D eigenvalue weighted by atomic mass is 9.96. The van der Waals surface area contributed by atoms with Crippen molar-refractivity contribution < 1.29 is 9.59 Å². The van der Waals surface area contributed by atoms with Crippen LogP contribution in [0, 0.1) is 0 Å². The highest BCUT2D eigenvalue weighted by molar-refractivity contribution is 6.06. The van der Waals surface area contributed by atoms with Gasteiger partial charge in [0.15, 0.2) is 5.78 Å². The fourth-order valence-electron chi connectivity index (χ4n) is 2.72. The molecule has 0 saturated carbocycles. The number of anilines is 1. The maximum absolute atomic E-state index is 12.1. The first-order chi connectivity index (χ1) is 9.65. The molecule has 0 atom stereocenters. The summed E-state index contributed by atoms with van der Waals surface area (Å²) in [7, 11) is 0. The topological polar surface area (TPSA) is 46.2 Å². The summed E-state index contributed by atoms with van der Waals surface area (Å²) in [5, 5.41) is 2.77. The van der Waals surface area contributed by atoms with E-state index < -0.39 is 0 Å². The number of aryl methyl sites for hydroxylation is 1. The predicted octanol–water partition coefficient (Wildman–Crippen LogP) is 3.44. The van der Waals surface area contributed by atoms with Crippen molar-refractivity contribution in [1.29, 1.82) is 0 Å². The highest BCUT2D eigenvalue weighted by atomic mass is 16.1. The second-order valence-electron chi connectivity index (χ2n) is 5.02. The van der Waals surface area contributed by atoms with Crippen molar-refractivity contribution >= 4 is 17.4 Å². The smallest absolute Gasteiger partial charge is 0.221 e. The molecule has 0 bridgehead atoms. The van der Waals surface area contributed by atoms with Crippen LogP contribution in [0.15, 0.2) is 42.5 Å². The summed E-state index contributed by atoms with van der Waals surface area (Å²) in [6.45, 7) is 1.48. The quantitative estimate of drug-likeness (QED) is 0.904. The second-order valence-corrected chi connectivity index (χ2v) is 5.02. The van der Waals surface area contributed by atoms with Gasteiger partial charge in [-0.3, -0.25) is 9.59 Å². The molecule has 100 valence electrons. The molecule has 0 aliphatic heterocycles. The van der Waals surface area contributed by atoms with Crippen molar-refractivity contribution in [1.82, 2.24) is 0 Å². The molecule has 0 fully saturated rings. The van der Waals surface area contributed by atoms with Gasteiger partial charge in [0.25, 0.3) is 0 Å². The van der Waals surface area contributed by atoms with Crippen LogP contribution in [0.1, 0.15) is 29.3 Å². The summed E-state index contributed by atoms with van der Waals surface area (Å²) in [6.07, 6.45) is 1.42. The van der Waals surface area contributed by atoms with Gasteiger partial charge in [0, 0.05) is 24.6 Å². The number of ketones is 1. The van der Waals surface area contributed by atoms with Crippen LogP contribution in [0.4, 0.5) is 5.69 Å². The number of carbonyl (C=O) groups is 2. The van der Waals surface area contributed by atoms with Gasteiger partial charge in [0.2, 0.25) is 5.91 Å². The first kappa shape index (κ1) is 12.6. The van der Waals surface area contributed by atoms with Crippen LogP contribution in [0.5, 0.6) is 0 Å². The van der Waals surface area contributed by atoms with Crippen molar-refractivity contribution in [2.75, 3.05) is 5.32 Å². The molecule has 0 heterocycles. The molecule has 1 aliphatic carbocycles. The van der Waals surface area contributed by atoms with Crippen molar-refractivity contribution in [3.05, 3.63) is 53.6 Å². The van der Waals surface area contributed by atoms with E-state index in [2.05, 4.69) is 5.32 Å². The lowest BCUT2D eigenvalue weighted by Crippen LogP contribution is -2.05. The van der Waals surface area contributed by atoms with Crippen molar-refractivity contribution in [2.24, 2.45) is 0 Å². The minimum Gasteiger partial charge on any atom is -0.326 e. The Morgan fingerprint density at radius 3 is 2.70 bits per heavy atom. The Kier molecular flexibility index (Phi) is 3.11. The fourth-order valence-corrected chi connectivity index (χ4v) is 2.72. The molecule has 3 nitrogen and oxygen atoms in total. The largest absolute Gasteiger partial charge is 0.326 e. The molecule has 3 rings (SSSR count). The van der Waals surface area contributed by atoms with Crippen molar-refractivity contribution in [2.45, 2.75) is 19.8 Å². The summed E-state index contributed by atoms with van der Waals surface area (Å²) >= 11 is 0. The standard InChI is InChI=1S/C17H15NO2/c1-11(19)18-14-6-2-5-13(10-14)15-7-3-4-12-8-9-16(20)17(12)15/h2-7,10H,8-9H2,1H3,(H,18,19). The molecule has 1 N–H and O–H groups in total. The minimum atomic E-state index is -0.100. The molecule has 3 heteroatoms. The molecule has 0 radical (unpaired) electrons. The van der Waals surface area contributed by atoms with Crippen molar-refractivity contribution in [3.63, 3.8) is 0 Å². The third kappa shape index (κ3) is 2.23. The van der Waals surface area contributed by atoms with Crippen LogP contribution in [-0.2, 0) is 11.2 Å². The number of hydrogen-bond donors (Lipinski definition) is 1. The van der Waals surface area contributed by atoms with Gasteiger partial charge in [-0.15, -0.1) is 0 Å². The van der Waals surface area contributed by atoms with E-state index in [9.17, 15) is 9.59 Å². The normalized spacial score (nSPS) is 13.2. The lowest BCUT2D eigenvalue weighted by Gasteiger charge is -2.09. The van der Waals surface area contributed by atoms with Gasteiger partial charge in [0.1, 0.15) is 0 Å². The van der Waals surface area contributed by atoms with Crippen LogP contribution in [0.3, 0.4) is 0 Å². The summed E-state index contributed by atoms with van der Waals surface area (Å²) < 4.78 is 0. The average molecular weight is 265 g/mol. The second kappa shape index (κ2) is 4.93. The molecular weight excluding hydrogens is 250 g/mol. The summed E-state index contributed by atoms with van der Waals surface area (Å²) in [5.41, 5.74) is 4.63. The first-order valence-corrected chi connectivity index (χ1v) is 6.68. The Morgan fingerprint density at radius 1 is 1.10 bits per heavy atom. The first-order valence-electron chi connectivity index (χ1n) is 6.68. The van der Waals surface area contributed by atoms with Crippen molar-refractivity contribution in [3.8, 4) is 11.1 Å². The van der Waals surface area contributed by atoms with Crippen LogP contribution >= 0.6 is 0 Å². The van der Waals surface area contributed by atoms with Gasteiger partial charge in [-0.2, -0.15) is 0 Å². The van der Waals surface area contributed by atoms with Gasteiger partial charge in [0.05, 0.1) is 0 Å². The zero-order chi connectivity index (χ0) is 14.1. The zero-order valence-electron chi connectivity index (χ0n) is 11.3. The number of benzene rings is 2. The number of fused-ring (bicyclic) bond motifs is 1. The Labute approximate surface area is 117 Å². The Morgan fingerprint density at radius 2 is 1.90 bits per heavy atom. The van der Waals surface area contributed by atoms with Gasteiger partial charge in [-0.25, -0.2) is 0 Å². The molecule has 2 aromatic rings. The number of amides is 1. The monoisotopic (exact) mass is 265 g/mol. The van der Waals surface area contributed by atoms with Gasteiger partial charge in [-0.1, -0.05) is 30.3 Å². The van der Waals surface area contributed by atoms with E-state index in [1.165, 1.54) is 6.92 Å². The molecule has 0 unspecified atom stereocenters. The summed E-state index contributed by atoms with van der Waals surface area (Å²) in [5.74, 6) is 0.108. The van der Waals surface area contributed by atoms with E-state index in [4.69, 9.17) is 0 Å². The van der Waals surface area contributed by atoms with Gasteiger partial charge in [-0.05, 0) is 35.2 Å². The molecule has 0 saturated heterocycles. The van der Waals surface area contributed by atoms with Crippen LogP contribution in [0.2, 0.25) is 0 Å². The van der Waals surface area contributed by atoms with Gasteiger partial charge >= 0.3 is 0 Å². The van der Waals surface area contributed by atoms with E-state index in [-0.39, 0.29) is 11.7 Å². The minimum absolute atomic E-state index is 0.100. The molecule has 2 aromatic carbocycles. The van der Waals surface area contributed by atoms with E-state index in [1.54, 1.807) is 0 Å². The molecule has 0 aromatic heterocycles. The SMILES string of the molecule is CC(=O)Nc1cccc(-c2cccc3c2C(=O)CC3)c1. The number of carbonyl (C=O) groups excluding carboxylic acids is 2. The predicted molar refractivity (Wildman–Crippen MR) is 78.8 cm³/mol. The van der Waals surface area contributed by atoms with Crippen LogP contribution < -0.4 is 5.32 Å². The average Bonchev–Trinajstić information content (AvgIpc) is 2.80. The van der Waals surface area contributed by atoms with E-state index in [1.807, 2.05) is 42.5 Å². The van der Waals surface area contributed by atoms with Crippen LogP contribution in [-0.4, -0.2) is 11.7 Å². The lowest BCUT2D eigenvalue weighted by molar-refractivity contribution is -0.114. The third-order valence-corrected chi connectivity index (χ3v) is 3.54. The maximum Gasteiger partial charge on any atom is 0.221 e.